The topological polar surface area (TPSA) is 29.1 Å². The monoisotopic (exact) mass is 353 g/mol. The molecular formula is C18H18F3NOS. The van der Waals surface area contributed by atoms with Crippen molar-refractivity contribution in [2.24, 2.45) is 0 Å². The molecule has 1 heterocycles. The highest BCUT2D eigenvalue weighted by Crippen LogP contribution is 2.48. The van der Waals surface area contributed by atoms with E-state index in [1.807, 2.05) is 5.38 Å². The van der Waals surface area contributed by atoms with Gasteiger partial charge in [0.25, 0.3) is 0 Å². The molecule has 2 aromatic rings. The van der Waals surface area contributed by atoms with E-state index < -0.39 is 11.7 Å². The third-order valence-corrected chi connectivity index (χ3v) is 5.22. The molecule has 1 fully saturated rings. The van der Waals surface area contributed by atoms with Crippen LogP contribution >= 0.6 is 11.3 Å². The Morgan fingerprint density at radius 1 is 1.17 bits per heavy atom. The Hall–Kier alpha value is -1.82. The van der Waals surface area contributed by atoms with Crippen molar-refractivity contribution in [3.63, 3.8) is 0 Å². The maximum absolute atomic E-state index is 12.5. The molecule has 6 heteroatoms. The van der Waals surface area contributed by atoms with Gasteiger partial charge in [-0.1, -0.05) is 12.1 Å². The van der Waals surface area contributed by atoms with Gasteiger partial charge in [0, 0.05) is 18.4 Å². The zero-order chi connectivity index (χ0) is 17.2. The van der Waals surface area contributed by atoms with Gasteiger partial charge in [-0.05, 0) is 59.3 Å². The van der Waals surface area contributed by atoms with Crippen LogP contribution < -0.4 is 5.32 Å². The quantitative estimate of drug-likeness (QED) is 0.811. The lowest BCUT2D eigenvalue weighted by Gasteiger charge is -2.15. The van der Waals surface area contributed by atoms with E-state index >= 15 is 0 Å². The van der Waals surface area contributed by atoms with Gasteiger partial charge in [-0.3, -0.25) is 4.79 Å². The summed E-state index contributed by atoms with van der Waals surface area (Å²) in [4.78, 5) is 12.0. The lowest BCUT2D eigenvalue weighted by molar-refractivity contribution is -0.137. The molecular weight excluding hydrogens is 335 g/mol. The Kier molecular flexibility index (Phi) is 4.67. The molecule has 0 unspecified atom stereocenters. The lowest BCUT2D eigenvalue weighted by atomic mass is 9.99. The summed E-state index contributed by atoms with van der Waals surface area (Å²) in [5, 5.41) is 7.14. The van der Waals surface area contributed by atoms with Crippen LogP contribution in [0, 0.1) is 0 Å². The fourth-order valence-electron chi connectivity index (χ4n) is 2.76. The van der Waals surface area contributed by atoms with Crippen molar-refractivity contribution in [3.05, 3.63) is 57.8 Å². The van der Waals surface area contributed by atoms with E-state index in [4.69, 9.17) is 0 Å². The number of carbonyl (C=O) groups is 1. The Labute approximate surface area is 142 Å². The number of alkyl halides is 3. The molecule has 0 aliphatic heterocycles. The van der Waals surface area contributed by atoms with E-state index in [1.54, 1.807) is 11.3 Å². The van der Waals surface area contributed by atoms with Crippen molar-refractivity contribution >= 4 is 17.2 Å². The Morgan fingerprint density at radius 2 is 1.88 bits per heavy atom. The van der Waals surface area contributed by atoms with Crippen molar-refractivity contribution in [1.29, 1.82) is 0 Å². The Morgan fingerprint density at radius 3 is 2.42 bits per heavy atom. The van der Waals surface area contributed by atoms with Gasteiger partial charge in [0.1, 0.15) is 0 Å². The predicted octanol–water partition coefficient (Wildman–Crippen LogP) is 4.55. The summed E-state index contributed by atoms with van der Waals surface area (Å²) in [7, 11) is 0. The first-order valence-electron chi connectivity index (χ1n) is 7.85. The largest absolute Gasteiger partial charge is 0.416 e. The highest BCUT2D eigenvalue weighted by Gasteiger charge is 2.44. The zero-order valence-corrected chi connectivity index (χ0v) is 13.8. The van der Waals surface area contributed by atoms with Crippen LogP contribution in [-0.2, 0) is 22.8 Å². The van der Waals surface area contributed by atoms with Gasteiger partial charge >= 0.3 is 6.18 Å². The first kappa shape index (κ1) is 17.0. The van der Waals surface area contributed by atoms with Crippen LogP contribution in [0.3, 0.4) is 0 Å². The van der Waals surface area contributed by atoms with Crippen LogP contribution in [0.5, 0.6) is 0 Å². The lowest BCUT2D eigenvalue weighted by Crippen LogP contribution is -2.32. The second-order valence-electron chi connectivity index (χ2n) is 6.26. The summed E-state index contributed by atoms with van der Waals surface area (Å²) in [5.41, 5.74) is 1.46. The number of rotatable bonds is 6. The normalized spacial score (nSPS) is 16.0. The number of aryl methyl sites for hydroxylation is 1. The molecule has 0 spiro atoms. The van der Waals surface area contributed by atoms with Gasteiger partial charge in [0.05, 0.1) is 5.56 Å². The van der Waals surface area contributed by atoms with E-state index in [9.17, 15) is 18.0 Å². The first-order chi connectivity index (χ1) is 11.4. The van der Waals surface area contributed by atoms with Gasteiger partial charge in [0.15, 0.2) is 0 Å². The van der Waals surface area contributed by atoms with Crippen LogP contribution in [-0.4, -0.2) is 12.5 Å². The van der Waals surface area contributed by atoms with Gasteiger partial charge in [-0.15, -0.1) is 0 Å². The molecule has 128 valence electrons. The SMILES string of the molecule is O=C(CCc1ccc(C(F)(F)F)cc1)NCC1(c2ccsc2)CC1. The first-order valence-corrected chi connectivity index (χ1v) is 8.79. The summed E-state index contributed by atoms with van der Waals surface area (Å²) in [6.45, 7) is 0.635. The maximum atomic E-state index is 12.5. The van der Waals surface area contributed by atoms with Crippen LogP contribution in [0.4, 0.5) is 13.2 Å². The number of amides is 1. The standard InChI is InChI=1S/C18H18F3NOS/c19-18(20,21)14-4-1-13(2-5-14)3-6-16(23)22-12-17(8-9-17)15-7-10-24-11-15/h1-2,4-5,7,10-11H,3,6,8-9,12H2,(H,22,23). The summed E-state index contributed by atoms with van der Waals surface area (Å²) in [5.74, 6) is -0.0589. The molecule has 1 saturated carbocycles. The number of benzene rings is 1. The smallest absolute Gasteiger partial charge is 0.355 e. The third-order valence-electron chi connectivity index (χ3n) is 4.53. The Bertz CT molecular complexity index is 688. The number of halogens is 3. The molecule has 0 radical (unpaired) electrons. The van der Waals surface area contributed by atoms with Gasteiger partial charge in [0.2, 0.25) is 5.91 Å². The Balaban J connectivity index is 1.46. The second kappa shape index (κ2) is 6.59. The van der Waals surface area contributed by atoms with Crippen molar-refractivity contribution in [1.82, 2.24) is 5.32 Å². The molecule has 2 nitrogen and oxygen atoms in total. The highest BCUT2D eigenvalue weighted by molar-refractivity contribution is 7.08. The number of hydrogen-bond donors (Lipinski definition) is 1. The minimum atomic E-state index is -4.32. The maximum Gasteiger partial charge on any atom is 0.416 e. The summed E-state index contributed by atoms with van der Waals surface area (Å²) in [6, 6.07) is 7.09. The average molecular weight is 353 g/mol. The molecule has 1 N–H and O–H groups in total. The number of thiophene rings is 1. The van der Waals surface area contributed by atoms with Crippen molar-refractivity contribution in [3.8, 4) is 0 Å². The molecule has 1 aliphatic carbocycles. The van der Waals surface area contributed by atoms with Crippen LogP contribution in [0.2, 0.25) is 0 Å². The summed E-state index contributed by atoms with van der Waals surface area (Å²) < 4.78 is 37.5. The molecule has 24 heavy (non-hydrogen) atoms. The summed E-state index contributed by atoms with van der Waals surface area (Å²) in [6.07, 6.45) is -1.43. The number of carbonyl (C=O) groups excluding carboxylic acids is 1. The molecule has 3 rings (SSSR count). The van der Waals surface area contributed by atoms with E-state index in [2.05, 4.69) is 16.8 Å². The van der Waals surface area contributed by atoms with Gasteiger partial charge in [-0.2, -0.15) is 24.5 Å². The predicted molar refractivity (Wildman–Crippen MR) is 88.0 cm³/mol. The van der Waals surface area contributed by atoms with Gasteiger partial charge in [-0.25, -0.2) is 0 Å². The molecule has 0 saturated heterocycles. The van der Waals surface area contributed by atoms with E-state index in [0.717, 1.165) is 30.5 Å². The van der Waals surface area contributed by atoms with Crippen LogP contribution in [0.15, 0.2) is 41.1 Å². The zero-order valence-electron chi connectivity index (χ0n) is 13.0. The minimum absolute atomic E-state index is 0.0589. The molecule has 1 aliphatic rings. The van der Waals surface area contributed by atoms with E-state index in [-0.39, 0.29) is 17.7 Å². The van der Waals surface area contributed by atoms with E-state index in [1.165, 1.54) is 17.7 Å². The minimum Gasteiger partial charge on any atom is -0.355 e. The van der Waals surface area contributed by atoms with Crippen LogP contribution in [0.1, 0.15) is 36.0 Å². The molecule has 1 aromatic carbocycles. The fraction of sp³-hybridized carbons (Fsp3) is 0.389. The molecule has 0 atom stereocenters. The molecule has 0 bridgehead atoms. The second-order valence-corrected chi connectivity index (χ2v) is 7.04. The van der Waals surface area contributed by atoms with Crippen LogP contribution in [0.25, 0.3) is 0 Å². The fourth-order valence-corrected chi connectivity index (χ4v) is 3.54. The number of hydrogen-bond acceptors (Lipinski definition) is 2. The average Bonchev–Trinajstić information content (AvgIpc) is 3.13. The van der Waals surface area contributed by atoms with Crippen molar-refractivity contribution < 1.29 is 18.0 Å². The number of nitrogens with one attached hydrogen (secondary N) is 1. The highest BCUT2D eigenvalue weighted by atomic mass is 32.1. The van der Waals surface area contributed by atoms with Crippen molar-refractivity contribution in [2.45, 2.75) is 37.3 Å². The molecule has 1 amide bonds. The molecule has 1 aromatic heterocycles. The van der Waals surface area contributed by atoms with Crippen molar-refractivity contribution in [2.75, 3.05) is 6.54 Å². The summed E-state index contributed by atoms with van der Waals surface area (Å²) >= 11 is 1.66. The van der Waals surface area contributed by atoms with Gasteiger partial charge < -0.3 is 5.32 Å². The van der Waals surface area contributed by atoms with E-state index in [0.29, 0.717) is 13.0 Å². The third kappa shape index (κ3) is 3.98.